The zero-order valence-electron chi connectivity index (χ0n) is 10.6. The molecular weight excluding hydrogens is 268 g/mol. The van der Waals surface area contributed by atoms with Crippen LogP contribution in [0.15, 0.2) is 12.1 Å². The molecule has 0 saturated heterocycles. The van der Waals surface area contributed by atoms with E-state index in [0.717, 1.165) is 12.6 Å². The number of imidazole rings is 1. The van der Waals surface area contributed by atoms with Crippen molar-refractivity contribution in [2.24, 2.45) is 0 Å². The van der Waals surface area contributed by atoms with Gasteiger partial charge in [0.2, 0.25) is 0 Å². The quantitative estimate of drug-likeness (QED) is 0.872. The zero-order chi connectivity index (χ0) is 13.6. The Hall–Kier alpha value is -1.27. The third-order valence-corrected chi connectivity index (χ3v) is 3.97. The maximum Gasteiger partial charge on any atom is 0.178 e. The monoisotopic (exact) mass is 283 g/mol. The lowest BCUT2D eigenvalue weighted by atomic mass is 10.3. The van der Waals surface area contributed by atoms with Gasteiger partial charge < -0.3 is 14.5 Å². The maximum atomic E-state index is 13.6. The Morgan fingerprint density at radius 3 is 2.84 bits per heavy atom. The lowest BCUT2D eigenvalue weighted by Crippen LogP contribution is -2.25. The van der Waals surface area contributed by atoms with Crippen LogP contribution >= 0.6 is 12.2 Å². The van der Waals surface area contributed by atoms with Crippen LogP contribution < -0.4 is 0 Å². The number of hydrogen-bond acceptors (Lipinski definition) is 2. The van der Waals surface area contributed by atoms with Gasteiger partial charge in [0, 0.05) is 25.2 Å². The number of H-pyrrole nitrogens is 1. The highest BCUT2D eigenvalue weighted by molar-refractivity contribution is 7.71. The number of hydrogen-bond donors (Lipinski definition) is 1. The van der Waals surface area contributed by atoms with Crippen molar-refractivity contribution in [2.75, 3.05) is 13.6 Å². The molecule has 0 unspecified atom stereocenters. The Labute approximate surface area is 114 Å². The predicted molar refractivity (Wildman–Crippen MR) is 72.7 cm³/mol. The minimum atomic E-state index is -0.601. The summed E-state index contributed by atoms with van der Waals surface area (Å²) in [6, 6.07) is 2.85. The fourth-order valence-electron chi connectivity index (χ4n) is 2.36. The number of benzene rings is 1. The average molecular weight is 283 g/mol. The average Bonchev–Trinajstić information content (AvgIpc) is 3.13. The van der Waals surface area contributed by atoms with Crippen LogP contribution in [-0.4, -0.2) is 34.1 Å². The molecule has 1 aromatic carbocycles. The fourth-order valence-corrected chi connectivity index (χ4v) is 2.65. The first-order valence-electron chi connectivity index (χ1n) is 6.34. The molecule has 1 aliphatic rings. The summed E-state index contributed by atoms with van der Waals surface area (Å²) in [5, 5.41) is 0. The summed E-state index contributed by atoms with van der Waals surface area (Å²) < 4.78 is 29.1. The highest BCUT2D eigenvalue weighted by atomic mass is 32.1. The number of aromatic nitrogens is 2. The van der Waals surface area contributed by atoms with Crippen molar-refractivity contribution < 1.29 is 8.78 Å². The van der Waals surface area contributed by atoms with Crippen LogP contribution in [0.3, 0.4) is 0 Å². The molecule has 1 aromatic heterocycles. The molecule has 3 rings (SSSR count). The second kappa shape index (κ2) is 4.68. The van der Waals surface area contributed by atoms with Gasteiger partial charge in [0.05, 0.1) is 5.52 Å². The van der Waals surface area contributed by atoms with Gasteiger partial charge in [-0.15, -0.1) is 0 Å². The minimum Gasteiger partial charge on any atom is -0.328 e. The smallest absolute Gasteiger partial charge is 0.178 e. The fraction of sp³-hybridized carbons (Fsp3) is 0.462. The lowest BCUT2D eigenvalue weighted by molar-refractivity contribution is 0.310. The largest absolute Gasteiger partial charge is 0.328 e. The molecule has 0 aliphatic heterocycles. The first-order chi connectivity index (χ1) is 9.06. The second-order valence-electron chi connectivity index (χ2n) is 5.08. The molecule has 0 radical (unpaired) electrons. The number of rotatable bonds is 4. The van der Waals surface area contributed by atoms with Crippen molar-refractivity contribution in [3.05, 3.63) is 28.5 Å². The van der Waals surface area contributed by atoms with Crippen LogP contribution in [0, 0.1) is 16.4 Å². The van der Waals surface area contributed by atoms with Gasteiger partial charge in [0.25, 0.3) is 0 Å². The van der Waals surface area contributed by atoms with Crippen LogP contribution in [0.5, 0.6) is 0 Å². The van der Waals surface area contributed by atoms with E-state index in [4.69, 9.17) is 12.2 Å². The van der Waals surface area contributed by atoms with Gasteiger partial charge in [-0.1, -0.05) is 0 Å². The summed E-state index contributed by atoms with van der Waals surface area (Å²) in [4.78, 5) is 5.07. The van der Waals surface area contributed by atoms with E-state index in [1.54, 1.807) is 4.57 Å². The first-order valence-corrected chi connectivity index (χ1v) is 6.75. The topological polar surface area (TPSA) is 24.0 Å². The Kier molecular flexibility index (Phi) is 3.14. The second-order valence-corrected chi connectivity index (χ2v) is 5.46. The summed E-state index contributed by atoms with van der Waals surface area (Å²) >= 11 is 5.19. The molecule has 0 atom stereocenters. The number of halogens is 2. The molecule has 1 heterocycles. The molecule has 2 aromatic rings. The summed E-state index contributed by atoms with van der Waals surface area (Å²) in [5.41, 5.74) is 0.771. The van der Waals surface area contributed by atoms with Gasteiger partial charge >= 0.3 is 0 Å². The van der Waals surface area contributed by atoms with Gasteiger partial charge in [-0.25, -0.2) is 8.78 Å². The molecular formula is C13H15F2N3S. The maximum absolute atomic E-state index is 13.6. The number of likely N-dealkylation sites (N-methyl/N-ethyl adjacent to an activating group) is 1. The summed E-state index contributed by atoms with van der Waals surface area (Å²) in [7, 11) is 2.07. The number of nitrogens with zero attached hydrogens (tertiary/aromatic N) is 2. The molecule has 0 spiro atoms. The summed E-state index contributed by atoms with van der Waals surface area (Å²) in [6.45, 7) is 1.46. The molecule has 3 nitrogen and oxygen atoms in total. The lowest BCUT2D eigenvalue weighted by Gasteiger charge is -2.16. The number of nitrogens with one attached hydrogen (secondary N) is 1. The van der Waals surface area contributed by atoms with Crippen molar-refractivity contribution in [3.63, 3.8) is 0 Å². The van der Waals surface area contributed by atoms with Crippen LogP contribution in [0.2, 0.25) is 0 Å². The summed E-state index contributed by atoms with van der Waals surface area (Å²) in [5.74, 6) is -1.18. The third kappa shape index (κ3) is 2.42. The van der Waals surface area contributed by atoms with Gasteiger partial charge in [0.15, 0.2) is 10.6 Å². The Bertz CT molecular complexity index is 672. The third-order valence-electron chi connectivity index (χ3n) is 3.65. The Morgan fingerprint density at radius 1 is 1.42 bits per heavy atom. The SMILES string of the molecule is CN(CCn1c(=S)[nH]c2c(F)cc(F)cc21)C1CC1. The molecule has 6 heteroatoms. The van der Waals surface area contributed by atoms with E-state index in [0.29, 0.717) is 22.9 Å². The van der Waals surface area contributed by atoms with E-state index in [2.05, 4.69) is 16.9 Å². The van der Waals surface area contributed by atoms with E-state index in [-0.39, 0.29) is 5.52 Å². The van der Waals surface area contributed by atoms with Crippen molar-refractivity contribution in [1.82, 2.24) is 14.5 Å². The number of aromatic amines is 1. The van der Waals surface area contributed by atoms with Gasteiger partial charge in [0.1, 0.15) is 11.3 Å². The van der Waals surface area contributed by atoms with Crippen LogP contribution in [-0.2, 0) is 6.54 Å². The van der Waals surface area contributed by atoms with Crippen LogP contribution in [0.25, 0.3) is 11.0 Å². The zero-order valence-corrected chi connectivity index (χ0v) is 11.4. The molecule has 0 amide bonds. The van der Waals surface area contributed by atoms with Crippen molar-refractivity contribution in [1.29, 1.82) is 0 Å². The molecule has 1 aliphatic carbocycles. The highest BCUT2D eigenvalue weighted by Crippen LogP contribution is 2.25. The molecule has 19 heavy (non-hydrogen) atoms. The van der Waals surface area contributed by atoms with E-state index in [1.807, 2.05) is 0 Å². The van der Waals surface area contributed by atoms with E-state index in [9.17, 15) is 8.78 Å². The first kappa shape index (κ1) is 12.7. The van der Waals surface area contributed by atoms with Crippen LogP contribution in [0.1, 0.15) is 12.8 Å². The molecule has 0 bridgehead atoms. The van der Waals surface area contributed by atoms with Crippen molar-refractivity contribution >= 4 is 23.3 Å². The Morgan fingerprint density at radius 2 is 2.16 bits per heavy atom. The molecule has 1 saturated carbocycles. The van der Waals surface area contributed by atoms with Gasteiger partial charge in [-0.05, 0) is 38.2 Å². The van der Waals surface area contributed by atoms with Crippen molar-refractivity contribution in [2.45, 2.75) is 25.4 Å². The Balaban J connectivity index is 1.93. The van der Waals surface area contributed by atoms with E-state index < -0.39 is 11.6 Å². The normalized spacial score (nSPS) is 15.6. The van der Waals surface area contributed by atoms with Gasteiger partial charge in [-0.3, -0.25) is 0 Å². The molecule has 102 valence electrons. The molecule has 1 fully saturated rings. The predicted octanol–water partition coefficient (Wildman–Crippen LogP) is 3.07. The standard InChI is InChI=1S/C13H15F2N3S/c1-17(9-2-3-9)4-5-18-11-7-8(14)6-10(15)12(11)16-13(18)19/h6-7,9H,2-5H2,1H3,(H,16,19). The van der Waals surface area contributed by atoms with Crippen molar-refractivity contribution in [3.8, 4) is 0 Å². The van der Waals surface area contributed by atoms with E-state index >= 15 is 0 Å². The highest BCUT2D eigenvalue weighted by Gasteiger charge is 2.25. The van der Waals surface area contributed by atoms with Gasteiger partial charge in [-0.2, -0.15) is 0 Å². The molecule has 1 N–H and O–H groups in total. The number of fused-ring (bicyclic) bond motifs is 1. The minimum absolute atomic E-state index is 0.278. The van der Waals surface area contributed by atoms with E-state index in [1.165, 1.54) is 18.9 Å². The van der Waals surface area contributed by atoms with Crippen LogP contribution in [0.4, 0.5) is 8.78 Å². The summed E-state index contributed by atoms with van der Waals surface area (Å²) in [6.07, 6.45) is 2.47.